The maximum Gasteiger partial charge on any atom is 0.137 e. The monoisotopic (exact) mass is 615 g/mol. The molecule has 0 saturated carbocycles. The van der Waals surface area contributed by atoms with Crippen molar-refractivity contribution in [1.29, 1.82) is 0 Å². The van der Waals surface area contributed by atoms with Crippen molar-refractivity contribution in [2.45, 2.75) is 18.7 Å². The molecule has 0 amide bonds. The van der Waals surface area contributed by atoms with E-state index < -0.39 is 17.2 Å². The van der Waals surface area contributed by atoms with E-state index in [4.69, 9.17) is 4.74 Å². The van der Waals surface area contributed by atoms with E-state index in [-0.39, 0.29) is 18.7 Å². The number of rotatable bonds is 9. The Kier molecular flexibility index (Phi) is 7.11. The number of nitrogens with zero attached hydrogens (tertiary/aromatic N) is 4. The number of aromatic amines is 1. The SMILES string of the molecule is COc1ccc2[nH]cc(CN(CC(O)(Cn3cncn3)c3ccc(F)cc3F)c3ccc(I)cc3)c2c1. The first-order valence-corrected chi connectivity index (χ1v) is 12.6. The van der Waals surface area contributed by atoms with Crippen LogP contribution in [0.3, 0.4) is 0 Å². The van der Waals surface area contributed by atoms with E-state index in [1.807, 2.05) is 53.6 Å². The molecule has 0 fully saturated rings. The summed E-state index contributed by atoms with van der Waals surface area (Å²) >= 11 is 2.23. The topological polar surface area (TPSA) is 79.2 Å². The highest BCUT2D eigenvalue weighted by molar-refractivity contribution is 14.1. The van der Waals surface area contributed by atoms with Crippen molar-refractivity contribution in [2.24, 2.45) is 0 Å². The maximum atomic E-state index is 15.1. The minimum atomic E-state index is -1.77. The lowest BCUT2D eigenvalue weighted by Crippen LogP contribution is -2.44. The van der Waals surface area contributed by atoms with Gasteiger partial charge in [-0.25, -0.2) is 18.4 Å². The second-order valence-electron chi connectivity index (χ2n) is 8.81. The molecule has 190 valence electrons. The minimum Gasteiger partial charge on any atom is -0.497 e. The molecule has 0 aliphatic heterocycles. The Morgan fingerprint density at radius 2 is 1.92 bits per heavy atom. The average molecular weight is 615 g/mol. The van der Waals surface area contributed by atoms with Gasteiger partial charge in [0.05, 0.1) is 20.2 Å². The molecule has 0 aliphatic rings. The summed E-state index contributed by atoms with van der Waals surface area (Å²) in [6.07, 6.45) is 4.71. The normalized spacial score (nSPS) is 13.0. The molecular weight excluding hydrogens is 591 g/mol. The van der Waals surface area contributed by atoms with E-state index in [0.717, 1.165) is 43.6 Å². The van der Waals surface area contributed by atoms with Crippen LogP contribution in [-0.2, 0) is 18.7 Å². The number of aromatic nitrogens is 4. The summed E-state index contributed by atoms with van der Waals surface area (Å²) in [5.41, 5.74) is 0.951. The highest BCUT2D eigenvalue weighted by atomic mass is 127. The van der Waals surface area contributed by atoms with Gasteiger partial charge in [-0.05, 0) is 76.7 Å². The van der Waals surface area contributed by atoms with Crippen molar-refractivity contribution in [3.63, 3.8) is 0 Å². The van der Waals surface area contributed by atoms with Crippen molar-refractivity contribution < 1.29 is 18.6 Å². The zero-order valence-electron chi connectivity index (χ0n) is 19.9. The summed E-state index contributed by atoms with van der Waals surface area (Å²) in [5, 5.41) is 17.1. The zero-order chi connectivity index (χ0) is 26.0. The van der Waals surface area contributed by atoms with Crippen LogP contribution in [0.25, 0.3) is 10.9 Å². The number of hydrogen-bond donors (Lipinski definition) is 2. The molecule has 0 aliphatic carbocycles. The number of nitrogens with one attached hydrogen (secondary N) is 1. The Morgan fingerprint density at radius 3 is 2.62 bits per heavy atom. The standard InChI is InChI=1S/C27H24F2IN5O2/c1-37-22-7-9-26-23(11-22)18(12-32-26)13-34(21-5-3-20(30)4-6-21)14-27(36,15-35-17-31-16-33-35)24-8-2-19(28)10-25(24)29/h2-12,16-17,32,36H,13-15H2,1H3. The van der Waals surface area contributed by atoms with Crippen LogP contribution in [0.15, 0.2) is 79.5 Å². The Morgan fingerprint density at radius 1 is 1.11 bits per heavy atom. The molecule has 37 heavy (non-hydrogen) atoms. The molecule has 5 aromatic rings. The first-order chi connectivity index (χ1) is 17.8. The molecule has 7 nitrogen and oxygen atoms in total. The molecule has 0 radical (unpaired) electrons. The molecule has 2 N–H and O–H groups in total. The summed E-state index contributed by atoms with van der Waals surface area (Å²) in [5.74, 6) is -0.821. The molecule has 2 heterocycles. The molecule has 2 aromatic heterocycles. The van der Waals surface area contributed by atoms with E-state index >= 15 is 4.39 Å². The highest BCUT2D eigenvalue weighted by Crippen LogP contribution is 2.32. The van der Waals surface area contributed by atoms with Crippen molar-refractivity contribution in [3.8, 4) is 5.75 Å². The molecule has 3 aromatic carbocycles. The summed E-state index contributed by atoms with van der Waals surface area (Å²) < 4.78 is 36.7. The molecular formula is C27H24F2IN5O2. The van der Waals surface area contributed by atoms with Crippen molar-refractivity contribution >= 4 is 39.2 Å². The van der Waals surface area contributed by atoms with Gasteiger partial charge in [0, 0.05) is 44.5 Å². The van der Waals surface area contributed by atoms with Crippen molar-refractivity contribution in [2.75, 3.05) is 18.6 Å². The van der Waals surface area contributed by atoms with Crippen LogP contribution < -0.4 is 9.64 Å². The maximum absolute atomic E-state index is 15.1. The van der Waals surface area contributed by atoms with Crippen LogP contribution in [-0.4, -0.2) is 38.5 Å². The first kappa shape index (κ1) is 25.2. The van der Waals surface area contributed by atoms with Gasteiger partial charge < -0.3 is 19.7 Å². The smallest absolute Gasteiger partial charge is 0.137 e. The number of halogens is 3. The molecule has 5 rings (SSSR count). The van der Waals surface area contributed by atoms with E-state index in [2.05, 4.69) is 37.7 Å². The minimum absolute atomic E-state index is 0.00730. The molecule has 0 saturated heterocycles. The third kappa shape index (κ3) is 5.44. The van der Waals surface area contributed by atoms with E-state index in [1.165, 1.54) is 23.4 Å². The van der Waals surface area contributed by atoms with Crippen LogP contribution in [0.2, 0.25) is 0 Å². The van der Waals surface area contributed by atoms with Gasteiger partial charge in [-0.3, -0.25) is 0 Å². The van der Waals surface area contributed by atoms with Crippen molar-refractivity contribution in [3.05, 3.63) is 106 Å². The number of benzene rings is 3. The lowest BCUT2D eigenvalue weighted by atomic mass is 9.91. The van der Waals surface area contributed by atoms with E-state index in [1.54, 1.807) is 7.11 Å². The molecule has 1 unspecified atom stereocenters. The lowest BCUT2D eigenvalue weighted by molar-refractivity contribution is 0.0182. The number of anilines is 1. The van der Waals surface area contributed by atoms with Gasteiger partial charge in [-0.2, -0.15) is 5.10 Å². The number of hydrogen-bond acceptors (Lipinski definition) is 5. The summed E-state index contributed by atoms with van der Waals surface area (Å²) in [6.45, 7) is 0.307. The fourth-order valence-electron chi connectivity index (χ4n) is 4.50. The third-order valence-electron chi connectivity index (χ3n) is 6.30. The fraction of sp³-hybridized carbons (Fsp3) is 0.185. The van der Waals surface area contributed by atoms with Crippen LogP contribution in [0, 0.1) is 15.2 Å². The van der Waals surface area contributed by atoms with Gasteiger partial charge in [0.25, 0.3) is 0 Å². The molecule has 0 spiro atoms. The predicted molar refractivity (Wildman–Crippen MR) is 145 cm³/mol. The first-order valence-electron chi connectivity index (χ1n) is 11.5. The van der Waals surface area contributed by atoms with Crippen LogP contribution in [0.4, 0.5) is 14.5 Å². The Balaban J connectivity index is 1.58. The predicted octanol–water partition coefficient (Wildman–Crippen LogP) is 5.25. The quantitative estimate of drug-likeness (QED) is 0.222. The van der Waals surface area contributed by atoms with Gasteiger partial charge in [0.2, 0.25) is 0 Å². The van der Waals surface area contributed by atoms with Crippen LogP contribution in [0.1, 0.15) is 11.1 Å². The Labute approximate surface area is 225 Å². The number of ether oxygens (including phenoxy) is 1. The van der Waals surface area contributed by atoms with Gasteiger partial charge in [-0.15, -0.1) is 0 Å². The number of H-pyrrole nitrogens is 1. The number of fused-ring (bicyclic) bond motifs is 1. The van der Waals surface area contributed by atoms with E-state index in [0.29, 0.717) is 6.54 Å². The highest BCUT2D eigenvalue weighted by Gasteiger charge is 2.36. The van der Waals surface area contributed by atoms with Gasteiger partial charge in [0.15, 0.2) is 0 Å². The van der Waals surface area contributed by atoms with Crippen LogP contribution >= 0.6 is 22.6 Å². The molecule has 0 bridgehead atoms. The van der Waals surface area contributed by atoms with Crippen LogP contribution in [0.5, 0.6) is 5.75 Å². The largest absolute Gasteiger partial charge is 0.497 e. The molecule has 10 heteroatoms. The fourth-order valence-corrected chi connectivity index (χ4v) is 4.86. The number of methoxy groups -OCH3 is 1. The lowest BCUT2D eigenvalue weighted by Gasteiger charge is -2.36. The summed E-state index contributed by atoms with van der Waals surface area (Å²) in [7, 11) is 1.62. The van der Waals surface area contributed by atoms with Gasteiger partial charge >= 0.3 is 0 Å². The van der Waals surface area contributed by atoms with Gasteiger partial charge in [-0.1, -0.05) is 6.07 Å². The van der Waals surface area contributed by atoms with Gasteiger partial charge in [0.1, 0.15) is 35.6 Å². The second-order valence-corrected chi connectivity index (χ2v) is 10.1. The zero-order valence-corrected chi connectivity index (χ0v) is 22.1. The molecule has 1 atom stereocenters. The summed E-state index contributed by atoms with van der Waals surface area (Å²) in [6, 6.07) is 16.8. The number of aliphatic hydroxyl groups is 1. The Hall–Kier alpha value is -3.51. The van der Waals surface area contributed by atoms with Crippen molar-refractivity contribution in [1.82, 2.24) is 19.7 Å². The third-order valence-corrected chi connectivity index (χ3v) is 7.02. The average Bonchev–Trinajstić information content (AvgIpc) is 3.53. The Bertz CT molecular complexity index is 1510. The summed E-state index contributed by atoms with van der Waals surface area (Å²) in [4.78, 5) is 9.20. The second kappa shape index (κ2) is 10.5. The van der Waals surface area contributed by atoms with E-state index in [9.17, 15) is 9.50 Å².